The lowest BCUT2D eigenvalue weighted by Gasteiger charge is -2.27. The molecule has 1 aliphatic rings. The number of sulfonamides is 1. The van der Waals surface area contributed by atoms with Gasteiger partial charge >= 0.3 is 0 Å². The summed E-state index contributed by atoms with van der Waals surface area (Å²) in [7, 11) is -3.88. The van der Waals surface area contributed by atoms with Gasteiger partial charge in [-0.25, -0.2) is 8.42 Å². The van der Waals surface area contributed by atoms with Gasteiger partial charge in [0.2, 0.25) is 5.91 Å². The first-order chi connectivity index (χ1) is 14.4. The molecule has 0 aromatic heterocycles. The molecular weight excluding hydrogens is 402 g/mol. The lowest BCUT2D eigenvalue weighted by molar-refractivity contribution is -0.119. The van der Waals surface area contributed by atoms with Crippen LogP contribution in [0.3, 0.4) is 0 Å². The molecule has 1 aliphatic heterocycles. The average Bonchev–Trinajstić information content (AvgIpc) is 2.74. The summed E-state index contributed by atoms with van der Waals surface area (Å²) in [6.07, 6.45) is 0. The van der Waals surface area contributed by atoms with Gasteiger partial charge in [0.15, 0.2) is 0 Å². The normalized spacial score (nSPS) is 15.0. The van der Waals surface area contributed by atoms with Gasteiger partial charge in [-0.3, -0.25) is 14.0 Å². The van der Waals surface area contributed by atoms with Gasteiger partial charge in [0.1, 0.15) is 6.54 Å². The van der Waals surface area contributed by atoms with Gasteiger partial charge in [-0.2, -0.15) is 0 Å². The number of ether oxygens (including phenoxy) is 1. The summed E-state index contributed by atoms with van der Waals surface area (Å²) in [4.78, 5) is 15.0. The fraction of sp³-hybridized carbons (Fsp3) is 0.409. The van der Waals surface area contributed by atoms with Crippen LogP contribution in [0.5, 0.6) is 0 Å². The van der Waals surface area contributed by atoms with Crippen LogP contribution >= 0.6 is 0 Å². The number of rotatable bonds is 8. The van der Waals surface area contributed by atoms with E-state index in [1.807, 2.05) is 26.0 Å². The van der Waals surface area contributed by atoms with Crippen LogP contribution < -0.4 is 9.62 Å². The molecule has 0 aliphatic carbocycles. The van der Waals surface area contributed by atoms with Gasteiger partial charge in [-0.15, -0.1) is 0 Å². The number of aryl methyl sites for hydroxylation is 2. The molecule has 1 fully saturated rings. The Balaban J connectivity index is 1.76. The molecule has 2 aromatic rings. The Morgan fingerprint density at radius 3 is 2.47 bits per heavy atom. The van der Waals surface area contributed by atoms with Crippen molar-refractivity contribution < 1.29 is 17.9 Å². The van der Waals surface area contributed by atoms with Gasteiger partial charge in [0.05, 0.1) is 23.8 Å². The Morgan fingerprint density at radius 2 is 1.80 bits per heavy atom. The van der Waals surface area contributed by atoms with E-state index >= 15 is 0 Å². The number of anilines is 1. The topological polar surface area (TPSA) is 79.0 Å². The quantitative estimate of drug-likeness (QED) is 0.691. The lowest BCUT2D eigenvalue weighted by atomic mass is 10.1. The molecule has 2 aromatic carbocycles. The smallest absolute Gasteiger partial charge is 0.264 e. The van der Waals surface area contributed by atoms with E-state index < -0.39 is 10.0 Å². The molecular formula is C22H29N3O4S. The number of carbonyl (C=O) groups excluding carboxylic acids is 1. The highest BCUT2D eigenvalue weighted by Gasteiger charge is 2.28. The van der Waals surface area contributed by atoms with E-state index in [1.165, 1.54) is 4.31 Å². The van der Waals surface area contributed by atoms with Crippen LogP contribution in [-0.2, 0) is 19.6 Å². The third-order valence-corrected chi connectivity index (χ3v) is 6.87. The second-order valence-electron chi connectivity index (χ2n) is 7.42. The second-order valence-corrected chi connectivity index (χ2v) is 9.28. The van der Waals surface area contributed by atoms with Crippen molar-refractivity contribution in [1.29, 1.82) is 0 Å². The van der Waals surface area contributed by atoms with E-state index in [4.69, 9.17) is 4.74 Å². The lowest BCUT2D eigenvalue weighted by Crippen LogP contribution is -2.45. The molecule has 1 amide bonds. The van der Waals surface area contributed by atoms with Crippen LogP contribution in [0.25, 0.3) is 0 Å². The fourth-order valence-electron chi connectivity index (χ4n) is 3.47. The van der Waals surface area contributed by atoms with E-state index in [9.17, 15) is 13.2 Å². The molecule has 8 heteroatoms. The molecule has 0 bridgehead atoms. The molecule has 30 heavy (non-hydrogen) atoms. The first kappa shape index (κ1) is 22.3. The number of nitrogens with one attached hydrogen (secondary N) is 1. The summed E-state index contributed by atoms with van der Waals surface area (Å²) < 4.78 is 33.2. The third kappa shape index (κ3) is 5.59. The highest BCUT2D eigenvalue weighted by atomic mass is 32.2. The van der Waals surface area contributed by atoms with Gasteiger partial charge in [-0.1, -0.05) is 35.9 Å². The molecule has 0 saturated carbocycles. The van der Waals surface area contributed by atoms with Crippen molar-refractivity contribution in [3.63, 3.8) is 0 Å². The van der Waals surface area contributed by atoms with Gasteiger partial charge < -0.3 is 10.1 Å². The zero-order chi connectivity index (χ0) is 21.6. The molecule has 0 atom stereocenters. The van der Waals surface area contributed by atoms with Crippen molar-refractivity contribution in [2.45, 2.75) is 18.7 Å². The highest BCUT2D eigenvalue weighted by Crippen LogP contribution is 2.27. The van der Waals surface area contributed by atoms with Crippen LogP contribution in [-0.4, -0.2) is 65.2 Å². The summed E-state index contributed by atoms with van der Waals surface area (Å²) in [6, 6.07) is 13.7. The Labute approximate surface area is 178 Å². The van der Waals surface area contributed by atoms with E-state index in [2.05, 4.69) is 10.2 Å². The van der Waals surface area contributed by atoms with Gasteiger partial charge in [0, 0.05) is 26.2 Å². The first-order valence-electron chi connectivity index (χ1n) is 10.1. The summed E-state index contributed by atoms with van der Waals surface area (Å²) in [6.45, 7) is 7.78. The zero-order valence-corrected chi connectivity index (χ0v) is 18.3. The number of carbonyl (C=O) groups is 1. The van der Waals surface area contributed by atoms with Crippen molar-refractivity contribution in [2.24, 2.45) is 0 Å². The van der Waals surface area contributed by atoms with Gasteiger partial charge in [0.25, 0.3) is 10.0 Å². The summed E-state index contributed by atoms with van der Waals surface area (Å²) in [5.74, 6) is -0.331. The summed E-state index contributed by atoms with van der Waals surface area (Å²) >= 11 is 0. The molecule has 162 valence electrons. The minimum atomic E-state index is -3.88. The van der Waals surface area contributed by atoms with E-state index in [0.29, 0.717) is 32.0 Å². The minimum absolute atomic E-state index is 0.158. The maximum absolute atomic E-state index is 13.4. The maximum atomic E-state index is 13.4. The molecule has 0 spiro atoms. The predicted molar refractivity (Wildman–Crippen MR) is 117 cm³/mol. The fourth-order valence-corrected chi connectivity index (χ4v) is 4.98. The maximum Gasteiger partial charge on any atom is 0.264 e. The molecule has 0 unspecified atom stereocenters. The van der Waals surface area contributed by atoms with Crippen molar-refractivity contribution in [3.05, 3.63) is 59.7 Å². The van der Waals surface area contributed by atoms with E-state index in [0.717, 1.165) is 24.2 Å². The Bertz CT molecular complexity index is 958. The van der Waals surface area contributed by atoms with Crippen molar-refractivity contribution >= 4 is 21.6 Å². The SMILES string of the molecule is Cc1ccc(N(CC(=O)NCCN2CCOCC2)S(=O)(=O)c2ccccc2)c(C)c1. The van der Waals surface area contributed by atoms with Crippen LogP contribution in [0.15, 0.2) is 53.4 Å². The number of morpholine rings is 1. The van der Waals surface area contributed by atoms with Gasteiger partial charge in [-0.05, 0) is 37.6 Å². The Morgan fingerprint density at radius 1 is 1.10 bits per heavy atom. The number of amides is 1. The minimum Gasteiger partial charge on any atom is -0.379 e. The molecule has 1 heterocycles. The molecule has 0 radical (unpaired) electrons. The van der Waals surface area contributed by atoms with E-state index in [-0.39, 0.29) is 17.3 Å². The molecule has 1 saturated heterocycles. The monoisotopic (exact) mass is 431 g/mol. The highest BCUT2D eigenvalue weighted by molar-refractivity contribution is 7.92. The standard InChI is InChI=1S/C22H29N3O4S/c1-18-8-9-21(19(2)16-18)25(30(27,28)20-6-4-3-5-7-20)17-22(26)23-10-11-24-12-14-29-15-13-24/h3-9,16H,10-15,17H2,1-2H3,(H,23,26). The van der Waals surface area contributed by atoms with Crippen LogP contribution in [0.2, 0.25) is 0 Å². The molecule has 3 rings (SSSR count). The molecule has 1 N–H and O–H groups in total. The summed E-state index contributed by atoms with van der Waals surface area (Å²) in [5, 5.41) is 2.86. The largest absolute Gasteiger partial charge is 0.379 e. The first-order valence-corrected chi connectivity index (χ1v) is 11.5. The zero-order valence-electron chi connectivity index (χ0n) is 17.5. The van der Waals surface area contributed by atoms with Crippen LogP contribution in [0.1, 0.15) is 11.1 Å². The van der Waals surface area contributed by atoms with Crippen LogP contribution in [0, 0.1) is 13.8 Å². The van der Waals surface area contributed by atoms with Crippen molar-refractivity contribution in [1.82, 2.24) is 10.2 Å². The second kappa shape index (κ2) is 10.1. The third-order valence-electron chi connectivity index (χ3n) is 5.09. The number of hydrogen-bond donors (Lipinski definition) is 1. The number of benzene rings is 2. The summed E-state index contributed by atoms with van der Waals surface area (Å²) in [5.41, 5.74) is 2.34. The Kier molecular flexibility index (Phi) is 7.47. The van der Waals surface area contributed by atoms with E-state index in [1.54, 1.807) is 36.4 Å². The van der Waals surface area contributed by atoms with Crippen LogP contribution in [0.4, 0.5) is 5.69 Å². The van der Waals surface area contributed by atoms with Crippen molar-refractivity contribution in [2.75, 3.05) is 50.2 Å². The number of hydrogen-bond acceptors (Lipinski definition) is 5. The average molecular weight is 432 g/mol. The number of nitrogens with zero attached hydrogens (tertiary/aromatic N) is 2. The van der Waals surface area contributed by atoms with Crippen molar-refractivity contribution in [3.8, 4) is 0 Å². The molecule has 7 nitrogen and oxygen atoms in total. The predicted octanol–water partition coefficient (Wildman–Crippen LogP) is 1.95. The Hall–Kier alpha value is -2.42.